The van der Waals surface area contributed by atoms with E-state index in [0.717, 1.165) is 105 Å². The maximum atomic E-state index is 11.3. The number of benzene rings is 2. The van der Waals surface area contributed by atoms with E-state index < -0.39 is 5.97 Å². The second-order valence-corrected chi connectivity index (χ2v) is 11.2. The fraction of sp³-hybridized carbons (Fsp3) is 0.469. The van der Waals surface area contributed by atoms with Crippen molar-refractivity contribution >= 4 is 33.7 Å². The Morgan fingerprint density at radius 3 is 2.62 bits per heavy atom. The number of nitrogens with zero attached hydrogens (tertiary/aromatic N) is 5. The van der Waals surface area contributed by atoms with Crippen molar-refractivity contribution in [2.75, 3.05) is 32.4 Å². The molecule has 0 atom stereocenters. The van der Waals surface area contributed by atoms with E-state index in [1.54, 1.807) is 0 Å². The predicted octanol–water partition coefficient (Wildman–Crippen LogP) is 5.12. The van der Waals surface area contributed by atoms with E-state index in [4.69, 9.17) is 10.7 Å². The molecule has 8 nitrogen and oxygen atoms in total. The van der Waals surface area contributed by atoms with Crippen LogP contribution in [0.1, 0.15) is 56.0 Å². The molecule has 2 aromatic heterocycles. The molecule has 40 heavy (non-hydrogen) atoms. The van der Waals surface area contributed by atoms with Gasteiger partial charge in [0.1, 0.15) is 11.3 Å². The molecule has 3 heterocycles. The molecular weight excluding hydrogens is 500 g/mol. The molecule has 0 aliphatic carbocycles. The Morgan fingerprint density at radius 2 is 1.85 bits per heavy atom. The summed E-state index contributed by atoms with van der Waals surface area (Å²) in [6.07, 6.45) is 6.46. The van der Waals surface area contributed by atoms with Crippen LogP contribution in [0.4, 0.5) is 5.82 Å². The highest BCUT2D eigenvalue weighted by Crippen LogP contribution is 2.30. The molecule has 8 heteroatoms. The van der Waals surface area contributed by atoms with Gasteiger partial charge in [-0.15, -0.1) is 0 Å². The molecule has 212 valence electrons. The molecular formula is C32H42N6O2. The molecule has 0 unspecified atom stereocenters. The molecule has 0 bridgehead atoms. The number of nitrogens with two attached hydrogens (primary N) is 1. The second kappa shape index (κ2) is 12.8. The summed E-state index contributed by atoms with van der Waals surface area (Å²) in [6, 6.07) is 16.8. The molecule has 0 saturated carbocycles. The quantitative estimate of drug-likeness (QED) is 0.256. The Morgan fingerprint density at radius 1 is 1.07 bits per heavy atom. The van der Waals surface area contributed by atoms with Gasteiger partial charge in [-0.25, -0.2) is 9.97 Å². The number of fused-ring (bicyclic) bond motifs is 3. The number of aliphatic carboxylic acids is 1. The number of hydrogen-bond acceptors (Lipinski definition) is 6. The number of imidazole rings is 1. The van der Waals surface area contributed by atoms with Gasteiger partial charge in [-0.2, -0.15) is 0 Å². The Balaban J connectivity index is 1.40. The van der Waals surface area contributed by atoms with Crippen LogP contribution in [0.15, 0.2) is 48.5 Å². The summed E-state index contributed by atoms with van der Waals surface area (Å²) in [7, 11) is 2.20. The first-order chi connectivity index (χ1) is 19.4. The number of likely N-dealkylation sites (tertiary alicyclic amines) is 1. The Kier molecular flexibility index (Phi) is 8.97. The summed E-state index contributed by atoms with van der Waals surface area (Å²) in [4.78, 5) is 26.0. The molecule has 1 aliphatic heterocycles. The fourth-order valence-electron chi connectivity index (χ4n) is 6.10. The summed E-state index contributed by atoms with van der Waals surface area (Å²) in [6.45, 7) is 7.07. The van der Waals surface area contributed by atoms with Crippen LogP contribution >= 0.6 is 0 Å². The van der Waals surface area contributed by atoms with Crippen LogP contribution in [-0.4, -0.2) is 68.1 Å². The van der Waals surface area contributed by atoms with Gasteiger partial charge in [0.05, 0.1) is 17.5 Å². The van der Waals surface area contributed by atoms with E-state index in [1.807, 2.05) is 24.3 Å². The summed E-state index contributed by atoms with van der Waals surface area (Å²) < 4.78 is 2.39. The van der Waals surface area contributed by atoms with Crippen LogP contribution in [0.2, 0.25) is 0 Å². The number of aromatic nitrogens is 3. The van der Waals surface area contributed by atoms with Crippen molar-refractivity contribution in [3.05, 3.63) is 65.5 Å². The van der Waals surface area contributed by atoms with Crippen LogP contribution < -0.4 is 5.73 Å². The zero-order chi connectivity index (χ0) is 28.1. The van der Waals surface area contributed by atoms with Gasteiger partial charge in [0.2, 0.25) is 0 Å². The van der Waals surface area contributed by atoms with Crippen molar-refractivity contribution in [2.24, 2.45) is 0 Å². The largest absolute Gasteiger partial charge is 0.481 e. The third-order valence-corrected chi connectivity index (χ3v) is 8.21. The lowest BCUT2D eigenvalue weighted by atomic mass is 10.0. The van der Waals surface area contributed by atoms with Crippen molar-refractivity contribution in [1.82, 2.24) is 24.3 Å². The van der Waals surface area contributed by atoms with E-state index in [1.165, 1.54) is 5.56 Å². The average molecular weight is 543 g/mol. The smallest absolute Gasteiger partial charge is 0.307 e. The van der Waals surface area contributed by atoms with E-state index in [-0.39, 0.29) is 6.42 Å². The third kappa shape index (κ3) is 6.45. The van der Waals surface area contributed by atoms with Gasteiger partial charge in [0.25, 0.3) is 0 Å². The van der Waals surface area contributed by atoms with E-state index in [2.05, 4.69) is 57.6 Å². The molecule has 5 rings (SSSR count). The Bertz CT molecular complexity index is 1460. The van der Waals surface area contributed by atoms with Gasteiger partial charge in [-0.3, -0.25) is 9.69 Å². The lowest BCUT2D eigenvalue weighted by molar-refractivity contribution is -0.136. The lowest BCUT2D eigenvalue weighted by Crippen LogP contribution is -2.44. The number of pyridine rings is 1. The molecule has 0 amide bonds. The minimum absolute atomic E-state index is 0.0578. The van der Waals surface area contributed by atoms with Gasteiger partial charge < -0.3 is 20.3 Å². The average Bonchev–Trinajstić information content (AvgIpc) is 3.31. The standard InChI is InChI=1S/C32H42N6O2/c1-3-4-13-28-35-30-31(26-11-5-6-12-27(26)34-32(30)33)38(28)17-8-16-37(25-14-18-36(2)19-15-25)22-24-10-7-9-23(20-24)21-29(39)40/h5-7,9-12,20,25H,3-4,8,13-19,21-22H2,1-2H3,(H2,33,34)(H,39,40). The van der Waals surface area contributed by atoms with Crippen molar-refractivity contribution in [3.8, 4) is 0 Å². The van der Waals surface area contributed by atoms with Gasteiger partial charge in [0.15, 0.2) is 5.82 Å². The lowest BCUT2D eigenvalue weighted by Gasteiger charge is -2.37. The van der Waals surface area contributed by atoms with Gasteiger partial charge in [-0.05, 0) is 63.0 Å². The maximum Gasteiger partial charge on any atom is 0.307 e. The van der Waals surface area contributed by atoms with E-state index in [0.29, 0.717) is 11.9 Å². The first kappa shape index (κ1) is 28.1. The molecule has 1 fully saturated rings. The number of aryl methyl sites for hydroxylation is 2. The highest BCUT2D eigenvalue weighted by Gasteiger charge is 2.24. The van der Waals surface area contributed by atoms with Gasteiger partial charge >= 0.3 is 5.97 Å². The Hall–Kier alpha value is -3.49. The molecule has 1 saturated heterocycles. The number of carboxylic acid groups (broad SMARTS) is 1. The summed E-state index contributed by atoms with van der Waals surface area (Å²) in [5.41, 5.74) is 11.3. The molecule has 1 aliphatic rings. The number of piperidine rings is 1. The van der Waals surface area contributed by atoms with Crippen LogP contribution in [0.5, 0.6) is 0 Å². The third-order valence-electron chi connectivity index (χ3n) is 8.21. The number of nitrogen functional groups attached to an aromatic ring is 1. The topological polar surface area (TPSA) is 101 Å². The molecule has 3 N–H and O–H groups in total. The zero-order valence-electron chi connectivity index (χ0n) is 23.9. The number of anilines is 1. The van der Waals surface area contributed by atoms with Crippen molar-refractivity contribution in [3.63, 3.8) is 0 Å². The molecule has 0 spiro atoms. The second-order valence-electron chi connectivity index (χ2n) is 11.2. The number of rotatable bonds is 12. The van der Waals surface area contributed by atoms with Crippen molar-refractivity contribution in [1.29, 1.82) is 0 Å². The number of para-hydroxylation sites is 1. The number of carboxylic acids is 1. The number of unbranched alkanes of at least 4 members (excludes halogenated alkanes) is 1. The summed E-state index contributed by atoms with van der Waals surface area (Å²) >= 11 is 0. The molecule has 0 radical (unpaired) electrons. The van der Waals surface area contributed by atoms with Crippen molar-refractivity contribution < 1.29 is 9.90 Å². The number of carbonyl (C=O) groups is 1. The minimum atomic E-state index is -0.792. The SMILES string of the molecule is CCCCc1nc2c(N)nc3ccccc3c2n1CCCN(Cc1cccc(CC(=O)O)c1)C1CCN(C)CC1. The van der Waals surface area contributed by atoms with E-state index in [9.17, 15) is 9.90 Å². The van der Waals surface area contributed by atoms with Gasteiger partial charge in [-0.1, -0.05) is 55.8 Å². The van der Waals surface area contributed by atoms with Crippen LogP contribution in [-0.2, 0) is 30.7 Å². The van der Waals surface area contributed by atoms with Crippen LogP contribution in [0.25, 0.3) is 21.9 Å². The highest BCUT2D eigenvalue weighted by molar-refractivity contribution is 6.06. The zero-order valence-corrected chi connectivity index (χ0v) is 23.9. The summed E-state index contributed by atoms with van der Waals surface area (Å²) in [5.74, 6) is 0.799. The predicted molar refractivity (Wildman–Crippen MR) is 161 cm³/mol. The molecule has 2 aromatic carbocycles. The first-order valence-corrected chi connectivity index (χ1v) is 14.7. The highest BCUT2D eigenvalue weighted by atomic mass is 16.4. The van der Waals surface area contributed by atoms with Crippen LogP contribution in [0.3, 0.4) is 0 Å². The fourth-order valence-corrected chi connectivity index (χ4v) is 6.10. The van der Waals surface area contributed by atoms with Crippen LogP contribution in [0, 0.1) is 0 Å². The normalized spacial score (nSPS) is 15.0. The summed E-state index contributed by atoms with van der Waals surface area (Å²) in [5, 5.41) is 10.4. The molecule has 4 aromatic rings. The van der Waals surface area contributed by atoms with E-state index >= 15 is 0 Å². The minimum Gasteiger partial charge on any atom is -0.481 e. The number of hydrogen-bond donors (Lipinski definition) is 2. The monoisotopic (exact) mass is 542 g/mol. The first-order valence-electron chi connectivity index (χ1n) is 14.7. The maximum absolute atomic E-state index is 11.3. The van der Waals surface area contributed by atoms with Crippen molar-refractivity contribution in [2.45, 2.75) is 71.0 Å². The Labute approximate surface area is 236 Å². The van der Waals surface area contributed by atoms with Gasteiger partial charge in [0, 0.05) is 37.5 Å².